The van der Waals surface area contributed by atoms with Crippen LogP contribution in [0.4, 0.5) is 5.82 Å². The molecule has 1 aromatic heterocycles. The number of aromatic nitrogens is 2. The van der Waals surface area contributed by atoms with Crippen molar-refractivity contribution in [2.24, 2.45) is 10.7 Å². The molecular formula is C17H25N5O. The number of anilines is 1. The van der Waals surface area contributed by atoms with Crippen molar-refractivity contribution in [3.63, 3.8) is 0 Å². The monoisotopic (exact) mass is 315 g/mol. The average molecular weight is 315 g/mol. The highest BCUT2D eigenvalue weighted by atomic mass is 16.5. The second-order valence-electron chi connectivity index (χ2n) is 4.79. The van der Waals surface area contributed by atoms with E-state index >= 15 is 0 Å². The van der Waals surface area contributed by atoms with Gasteiger partial charge in [-0.3, -0.25) is 4.99 Å². The largest absolute Gasteiger partial charge is 0.486 e. The smallest absolute Gasteiger partial charge is 0.179 e. The molecule has 0 aromatic carbocycles. The summed E-state index contributed by atoms with van der Waals surface area (Å²) in [5.74, 6) is 2.03. The Balaban J connectivity index is 2.65. The molecule has 0 bridgehead atoms. The van der Waals surface area contributed by atoms with Crippen LogP contribution in [0.2, 0.25) is 0 Å². The van der Waals surface area contributed by atoms with Gasteiger partial charge in [0.05, 0.1) is 18.5 Å². The number of nitrogens with one attached hydrogen (secondary N) is 1. The highest BCUT2D eigenvalue weighted by Gasteiger charge is 2.06. The Kier molecular flexibility index (Phi) is 8.13. The topological polar surface area (TPSA) is 85.4 Å². The van der Waals surface area contributed by atoms with Crippen molar-refractivity contribution >= 4 is 11.5 Å². The molecule has 0 atom stereocenters. The minimum absolute atomic E-state index is 0.395. The summed E-state index contributed by atoms with van der Waals surface area (Å²) in [7, 11) is 0. The van der Waals surface area contributed by atoms with Gasteiger partial charge in [0.25, 0.3) is 0 Å². The maximum atomic E-state index is 5.71. The Morgan fingerprint density at radius 3 is 2.96 bits per heavy atom. The fraction of sp³-hybridized carbons (Fsp3) is 0.353. The van der Waals surface area contributed by atoms with E-state index in [0.29, 0.717) is 42.0 Å². The number of ether oxygens (including phenoxy) is 1. The minimum atomic E-state index is 0.395. The van der Waals surface area contributed by atoms with Crippen LogP contribution in [0.15, 0.2) is 48.3 Å². The summed E-state index contributed by atoms with van der Waals surface area (Å²) in [5.41, 5.74) is 6.72. The standard InChI is InChI=1S/C17H25N5O/c1-5-7-8-15(13(3)18)19-10-11-23-16-12-21-14(4)22-17(16)20-9-6-2/h5,7-8,12H,1,3,6,9-11,18H2,2,4H3,(H,20,21,22)/b8-7-,19-15?. The Bertz CT molecular complexity index is 593. The number of nitrogens with two attached hydrogens (primary N) is 1. The second kappa shape index (κ2) is 10.2. The highest BCUT2D eigenvalue weighted by Crippen LogP contribution is 2.20. The molecule has 0 spiro atoms. The first-order chi connectivity index (χ1) is 11.1. The van der Waals surface area contributed by atoms with Crippen molar-refractivity contribution < 1.29 is 4.74 Å². The molecular weight excluding hydrogens is 290 g/mol. The predicted molar refractivity (Wildman–Crippen MR) is 96.0 cm³/mol. The Hall–Kier alpha value is -2.63. The fourth-order valence-corrected chi connectivity index (χ4v) is 1.68. The van der Waals surface area contributed by atoms with Crippen LogP contribution < -0.4 is 15.8 Å². The maximum Gasteiger partial charge on any atom is 0.179 e. The van der Waals surface area contributed by atoms with Crippen molar-refractivity contribution in [1.82, 2.24) is 9.97 Å². The maximum absolute atomic E-state index is 5.71. The van der Waals surface area contributed by atoms with Crippen molar-refractivity contribution in [3.05, 3.63) is 49.1 Å². The van der Waals surface area contributed by atoms with E-state index in [1.54, 1.807) is 24.4 Å². The van der Waals surface area contributed by atoms with Gasteiger partial charge < -0.3 is 15.8 Å². The van der Waals surface area contributed by atoms with Crippen molar-refractivity contribution in [3.8, 4) is 5.75 Å². The fourth-order valence-electron chi connectivity index (χ4n) is 1.68. The van der Waals surface area contributed by atoms with E-state index in [0.717, 1.165) is 13.0 Å². The summed E-state index contributed by atoms with van der Waals surface area (Å²) in [6.45, 7) is 12.9. The van der Waals surface area contributed by atoms with E-state index in [4.69, 9.17) is 10.5 Å². The van der Waals surface area contributed by atoms with E-state index in [1.807, 2.05) is 6.92 Å². The number of hydrogen-bond acceptors (Lipinski definition) is 6. The van der Waals surface area contributed by atoms with E-state index in [2.05, 4.69) is 40.4 Å². The van der Waals surface area contributed by atoms with Crippen LogP contribution in [-0.2, 0) is 0 Å². The van der Waals surface area contributed by atoms with Gasteiger partial charge in [0, 0.05) is 12.2 Å². The lowest BCUT2D eigenvalue weighted by Crippen LogP contribution is -2.12. The molecule has 0 unspecified atom stereocenters. The predicted octanol–water partition coefficient (Wildman–Crippen LogP) is 2.64. The summed E-state index contributed by atoms with van der Waals surface area (Å²) in [4.78, 5) is 12.9. The van der Waals surface area contributed by atoms with Crippen LogP contribution in [-0.4, -0.2) is 35.4 Å². The first-order valence-corrected chi connectivity index (χ1v) is 7.57. The molecule has 0 aliphatic heterocycles. The third kappa shape index (κ3) is 6.78. The number of aryl methyl sites for hydroxylation is 1. The zero-order chi connectivity index (χ0) is 17.1. The number of allylic oxidation sites excluding steroid dienone is 3. The molecule has 1 heterocycles. The highest BCUT2D eigenvalue weighted by molar-refractivity contribution is 6.07. The molecule has 3 N–H and O–H groups in total. The van der Waals surface area contributed by atoms with Gasteiger partial charge in [0.15, 0.2) is 11.6 Å². The summed E-state index contributed by atoms with van der Waals surface area (Å²) < 4.78 is 5.71. The van der Waals surface area contributed by atoms with Gasteiger partial charge in [-0.15, -0.1) is 0 Å². The molecule has 6 nitrogen and oxygen atoms in total. The van der Waals surface area contributed by atoms with E-state index in [-0.39, 0.29) is 0 Å². The van der Waals surface area contributed by atoms with Crippen LogP contribution in [0.25, 0.3) is 0 Å². The van der Waals surface area contributed by atoms with Gasteiger partial charge in [0.2, 0.25) is 0 Å². The van der Waals surface area contributed by atoms with Crippen LogP contribution in [0.1, 0.15) is 19.2 Å². The molecule has 0 amide bonds. The first-order valence-electron chi connectivity index (χ1n) is 7.57. The number of hydrogen-bond donors (Lipinski definition) is 2. The van der Waals surface area contributed by atoms with Gasteiger partial charge in [-0.1, -0.05) is 32.2 Å². The Morgan fingerprint density at radius 2 is 2.30 bits per heavy atom. The van der Waals surface area contributed by atoms with Gasteiger partial charge in [-0.2, -0.15) is 0 Å². The molecule has 1 rings (SSSR count). The average Bonchev–Trinajstić information content (AvgIpc) is 2.53. The van der Waals surface area contributed by atoms with Crippen molar-refractivity contribution in [2.75, 3.05) is 25.0 Å². The van der Waals surface area contributed by atoms with Crippen molar-refractivity contribution in [1.29, 1.82) is 0 Å². The van der Waals surface area contributed by atoms with Crippen LogP contribution >= 0.6 is 0 Å². The molecule has 23 heavy (non-hydrogen) atoms. The summed E-state index contributed by atoms with van der Waals surface area (Å²) in [5, 5.41) is 3.23. The lowest BCUT2D eigenvalue weighted by atomic mass is 10.2. The SMILES string of the molecule is C=C/C=C\C(=NCCOc1cnc(C)nc1NCCC)C(=C)N. The molecule has 0 saturated heterocycles. The minimum Gasteiger partial charge on any atom is -0.486 e. The first kappa shape index (κ1) is 18.4. The number of rotatable bonds is 10. The van der Waals surface area contributed by atoms with Gasteiger partial charge in [0.1, 0.15) is 12.4 Å². The zero-order valence-corrected chi connectivity index (χ0v) is 13.9. The molecule has 124 valence electrons. The number of aliphatic imine (C=N–C) groups is 1. The Morgan fingerprint density at radius 1 is 1.52 bits per heavy atom. The van der Waals surface area contributed by atoms with Gasteiger partial charge >= 0.3 is 0 Å². The number of nitrogens with zero attached hydrogens (tertiary/aromatic N) is 3. The van der Waals surface area contributed by atoms with Gasteiger partial charge in [-0.25, -0.2) is 9.97 Å². The summed E-state index contributed by atoms with van der Waals surface area (Å²) in [6.07, 6.45) is 7.86. The molecule has 0 saturated carbocycles. The molecule has 1 aromatic rings. The van der Waals surface area contributed by atoms with E-state index < -0.39 is 0 Å². The third-order valence-corrected chi connectivity index (χ3v) is 2.77. The van der Waals surface area contributed by atoms with Crippen molar-refractivity contribution in [2.45, 2.75) is 20.3 Å². The van der Waals surface area contributed by atoms with E-state index in [1.165, 1.54) is 0 Å². The van der Waals surface area contributed by atoms with Crippen LogP contribution in [0.5, 0.6) is 5.75 Å². The zero-order valence-electron chi connectivity index (χ0n) is 13.9. The lowest BCUT2D eigenvalue weighted by Gasteiger charge is -2.11. The molecule has 0 radical (unpaired) electrons. The third-order valence-electron chi connectivity index (χ3n) is 2.77. The van der Waals surface area contributed by atoms with Crippen LogP contribution in [0.3, 0.4) is 0 Å². The summed E-state index contributed by atoms with van der Waals surface area (Å²) >= 11 is 0. The molecule has 6 heteroatoms. The van der Waals surface area contributed by atoms with Gasteiger partial charge in [-0.05, 0) is 19.4 Å². The molecule has 0 aliphatic carbocycles. The molecule has 0 aliphatic rings. The Labute approximate surface area is 137 Å². The quantitative estimate of drug-likeness (QED) is 0.394. The molecule has 0 fully saturated rings. The summed E-state index contributed by atoms with van der Waals surface area (Å²) in [6, 6.07) is 0. The van der Waals surface area contributed by atoms with E-state index in [9.17, 15) is 0 Å². The normalized spacial score (nSPS) is 11.5. The van der Waals surface area contributed by atoms with Crippen LogP contribution in [0, 0.1) is 6.92 Å². The lowest BCUT2D eigenvalue weighted by molar-refractivity contribution is 0.327. The second-order valence-corrected chi connectivity index (χ2v) is 4.79.